The van der Waals surface area contributed by atoms with E-state index in [1.165, 1.54) is 0 Å². The van der Waals surface area contributed by atoms with Crippen LogP contribution in [0.4, 0.5) is 5.69 Å². The molecular formula is C19H19NO3S. The number of methoxy groups -OCH3 is 1. The van der Waals surface area contributed by atoms with Crippen molar-refractivity contribution in [2.24, 2.45) is 0 Å². The van der Waals surface area contributed by atoms with Gasteiger partial charge in [-0.3, -0.25) is 4.79 Å². The largest absolute Gasteiger partial charge is 0.497 e. The molecule has 0 aromatic heterocycles. The zero-order valence-electron chi connectivity index (χ0n) is 13.5. The van der Waals surface area contributed by atoms with Gasteiger partial charge in [-0.05, 0) is 42.3 Å². The molecule has 1 aliphatic rings. The highest BCUT2D eigenvalue weighted by Crippen LogP contribution is 2.39. The summed E-state index contributed by atoms with van der Waals surface area (Å²) in [5, 5.41) is 2.81. The number of benzene rings is 2. The Morgan fingerprint density at radius 3 is 2.67 bits per heavy atom. The maximum atomic E-state index is 12.3. The minimum atomic E-state index is -0.166. The van der Waals surface area contributed by atoms with Crippen molar-refractivity contribution in [2.75, 3.05) is 19.0 Å². The summed E-state index contributed by atoms with van der Waals surface area (Å²) in [6.07, 6.45) is 2.37. The van der Waals surface area contributed by atoms with Gasteiger partial charge in [0.25, 0.3) is 0 Å². The maximum Gasteiger partial charge on any atom is 0.238 e. The molecule has 0 spiro atoms. The van der Waals surface area contributed by atoms with Gasteiger partial charge in [0, 0.05) is 4.90 Å². The SMILES string of the molecule is C=CCOc1ccc2c(c1)SC(Cc1ccc(OC)cc1)C(=O)N2. The van der Waals surface area contributed by atoms with Crippen molar-refractivity contribution in [2.45, 2.75) is 16.6 Å². The molecule has 0 fully saturated rings. The van der Waals surface area contributed by atoms with E-state index in [-0.39, 0.29) is 11.2 Å². The number of nitrogens with one attached hydrogen (secondary N) is 1. The standard InChI is InChI=1S/C19H19NO3S/c1-3-10-23-15-8-9-16-17(12-15)24-18(19(21)20-16)11-13-4-6-14(22-2)7-5-13/h3-9,12,18H,1,10-11H2,2H3,(H,20,21). The van der Waals surface area contributed by atoms with Gasteiger partial charge in [-0.1, -0.05) is 24.8 Å². The number of amides is 1. The Hall–Kier alpha value is -2.40. The molecule has 1 N–H and O–H groups in total. The van der Waals surface area contributed by atoms with Gasteiger partial charge >= 0.3 is 0 Å². The molecule has 1 amide bonds. The van der Waals surface area contributed by atoms with Crippen LogP contribution in [0.2, 0.25) is 0 Å². The van der Waals surface area contributed by atoms with E-state index >= 15 is 0 Å². The normalized spacial score (nSPS) is 16.0. The van der Waals surface area contributed by atoms with Crippen LogP contribution in [-0.4, -0.2) is 24.9 Å². The third-order valence-electron chi connectivity index (χ3n) is 3.72. The van der Waals surface area contributed by atoms with E-state index in [1.54, 1.807) is 24.9 Å². The van der Waals surface area contributed by atoms with E-state index in [0.717, 1.165) is 27.6 Å². The Morgan fingerprint density at radius 2 is 1.96 bits per heavy atom. The summed E-state index contributed by atoms with van der Waals surface area (Å²) < 4.78 is 10.7. The topological polar surface area (TPSA) is 47.6 Å². The van der Waals surface area contributed by atoms with Gasteiger partial charge in [0.2, 0.25) is 5.91 Å². The summed E-state index contributed by atoms with van der Waals surface area (Å²) in [7, 11) is 1.64. The first-order chi connectivity index (χ1) is 11.7. The van der Waals surface area contributed by atoms with Crippen LogP contribution >= 0.6 is 11.8 Å². The number of ether oxygens (including phenoxy) is 2. The first-order valence-corrected chi connectivity index (χ1v) is 8.56. The lowest BCUT2D eigenvalue weighted by Gasteiger charge is -2.24. The number of carbonyl (C=O) groups excluding carboxylic acids is 1. The van der Waals surface area contributed by atoms with E-state index in [1.807, 2.05) is 42.5 Å². The second kappa shape index (κ2) is 7.45. The van der Waals surface area contributed by atoms with Crippen LogP contribution in [0.25, 0.3) is 0 Å². The zero-order valence-corrected chi connectivity index (χ0v) is 14.3. The fourth-order valence-electron chi connectivity index (χ4n) is 2.48. The van der Waals surface area contributed by atoms with Crippen LogP contribution in [0.3, 0.4) is 0 Å². The molecule has 2 aromatic rings. The molecule has 3 rings (SSSR count). The van der Waals surface area contributed by atoms with Gasteiger partial charge in [-0.25, -0.2) is 0 Å². The van der Waals surface area contributed by atoms with E-state index in [2.05, 4.69) is 11.9 Å². The first-order valence-electron chi connectivity index (χ1n) is 7.68. The van der Waals surface area contributed by atoms with E-state index in [0.29, 0.717) is 13.0 Å². The van der Waals surface area contributed by atoms with Crippen molar-refractivity contribution < 1.29 is 14.3 Å². The van der Waals surface area contributed by atoms with Gasteiger partial charge in [-0.15, -0.1) is 11.8 Å². The summed E-state index contributed by atoms with van der Waals surface area (Å²) in [6, 6.07) is 13.5. The molecule has 0 saturated heterocycles. The second-order valence-electron chi connectivity index (χ2n) is 5.41. The number of carbonyl (C=O) groups is 1. The highest BCUT2D eigenvalue weighted by Gasteiger charge is 2.27. The summed E-state index contributed by atoms with van der Waals surface area (Å²) in [4.78, 5) is 13.4. The van der Waals surface area contributed by atoms with Crippen LogP contribution in [0.1, 0.15) is 5.56 Å². The molecule has 24 heavy (non-hydrogen) atoms. The third-order valence-corrected chi connectivity index (χ3v) is 4.98. The quantitative estimate of drug-likeness (QED) is 0.809. The minimum absolute atomic E-state index is 0.0306. The number of anilines is 1. The van der Waals surface area contributed by atoms with Gasteiger partial charge in [0.05, 0.1) is 18.0 Å². The van der Waals surface area contributed by atoms with Gasteiger partial charge in [0.1, 0.15) is 18.1 Å². The zero-order chi connectivity index (χ0) is 16.9. The Bertz CT molecular complexity index is 743. The van der Waals surface area contributed by atoms with Crippen LogP contribution in [-0.2, 0) is 11.2 Å². The molecule has 0 bridgehead atoms. The minimum Gasteiger partial charge on any atom is -0.497 e. The van der Waals surface area contributed by atoms with E-state index in [9.17, 15) is 4.79 Å². The van der Waals surface area contributed by atoms with Crippen molar-refractivity contribution in [3.05, 3.63) is 60.7 Å². The lowest BCUT2D eigenvalue weighted by Crippen LogP contribution is -2.30. The molecule has 1 aliphatic heterocycles. The summed E-state index contributed by atoms with van der Waals surface area (Å²) >= 11 is 1.57. The van der Waals surface area contributed by atoms with Crippen LogP contribution in [0, 0.1) is 0 Å². The smallest absolute Gasteiger partial charge is 0.238 e. The molecule has 0 radical (unpaired) electrons. The average molecular weight is 341 g/mol. The molecule has 124 valence electrons. The van der Waals surface area contributed by atoms with Crippen molar-refractivity contribution in [3.8, 4) is 11.5 Å². The second-order valence-corrected chi connectivity index (χ2v) is 6.65. The number of fused-ring (bicyclic) bond motifs is 1. The van der Waals surface area contributed by atoms with Gasteiger partial charge < -0.3 is 14.8 Å². The first kappa shape index (κ1) is 16.5. The summed E-state index contributed by atoms with van der Waals surface area (Å²) in [5.41, 5.74) is 1.94. The van der Waals surface area contributed by atoms with Gasteiger partial charge in [0.15, 0.2) is 0 Å². The average Bonchev–Trinajstić information content (AvgIpc) is 2.61. The molecule has 5 heteroatoms. The molecule has 1 heterocycles. The predicted octanol–water partition coefficient (Wildman–Crippen LogP) is 3.92. The molecule has 4 nitrogen and oxygen atoms in total. The highest BCUT2D eigenvalue weighted by molar-refractivity contribution is 8.01. The molecular weight excluding hydrogens is 322 g/mol. The predicted molar refractivity (Wildman–Crippen MR) is 97.1 cm³/mol. The fraction of sp³-hybridized carbons (Fsp3) is 0.211. The Balaban J connectivity index is 1.74. The number of hydrogen-bond donors (Lipinski definition) is 1. The fourth-order valence-corrected chi connectivity index (χ4v) is 3.66. The van der Waals surface area contributed by atoms with Crippen molar-refractivity contribution >= 4 is 23.4 Å². The Kier molecular flexibility index (Phi) is 5.11. The number of thioether (sulfide) groups is 1. The van der Waals surface area contributed by atoms with E-state index < -0.39 is 0 Å². The lowest BCUT2D eigenvalue weighted by atomic mass is 10.1. The molecule has 0 saturated carbocycles. The highest BCUT2D eigenvalue weighted by atomic mass is 32.2. The molecule has 1 atom stereocenters. The summed E-state index contributed by atoms with van der Waals surface area (Å²) in [5.74, 6) is 1.62. The van der Waals surface area contributed by atoms with Crippen molar-refractivity contribution in [1.29, 1.82) is 0 Å². The monoisotopic (exact) mass is 341 g/mol. The number of rotatable bonds is 6. The van der Waals surface area contributed by atoms with Gasteiger partial charge in [-0.2, -0.15) is 0 Å². The van der Waals surface area contributed by atoms with Crippen molar-refractivity contribution in [1.82, 2.24) is 0 Å². The maximum absolute atomic E-state index is 12.3. The van der Waals surface area contributed by atoms with Crippen LogP contribution in [0.15, 0.2) is 60.0 Å². The summed E-state index contributed by atoms with van der Waals surface area (Å²) in [6.45, 7) is 4.11. The Labute approximate surface area is 145 Å². The van der Waals surface area contributed by atoms with E-state index in [4.69, 9.17) is 9.47 Å². The Morgan fingerprint density at radius 1 is 1.21 bits per heavy atom. The van der Waals surface area contributed by atoms with Crippen LogP contribution in [0.5, 0.6) is 11.5 Å². The molecule has 1 unspecified atom stereocenters. The molecule has 2 aromatic carbocycles. The lowest BCUT2D eigenvalue weighted by molar-refractivity contribution is -0.115. The van der Waals surface area contributed by atoms with Crippen molar-refractivity contribution in [3.63, 3.8) is 0 Å². The third kappa shape index (κ3) is 3.74. The number of hydrogen-bond acceptors (Lipinski definition) is 4. The van der Waals surface area contributed by atoms with Crippen LogP contribution < -0.4 is 14.8 Å². The molecule has 0 aliphatic carbocycles.